The Morgan fingerprint density at radius 3 is 2.30 bits per heavy atom. The van der Waals surface area contributed by atoms with Gasteiger partial charge in [0, 0.05) is 32.3 Å². The molecule has 0 bridgehead atoms. The number of fused-ring (bicyclic) bond motifs is 1. The first kappa shape index (κ1) is 29.4. The van der Waals surface area contributed by atoms with Crippen molar-refractivity contribution in [3.63, 3.8) is 0 Å². The summed E-state index contributed by atoms with van der Waals surface area (Å²) in [7, 11) is 4.99. The molecule has 0 amide bonds. The third-order valence-corrected chi connectivity index (χ3v) is 8.19. The summed E-state index contributed by atoms with van der Waals surface area (Å²) in [5.74, 6) is 1.63. The van der Waals surface area contributed by atoms with Gasteiger partial charge in [0.15, 0.2) is 5.03 Å². The van der Waals surface area contributed by atoms with E-state index in [-0.39, 0.29) is 17.4 Å². The number of aromatic nitrogens is 4. The summed E-state index contributed by atoms with van der Waals surface area (Å²) in [6, 6.07) is 11.2. The highest BCUT2D eigenvalue weighted by Crippen LogP contribution is 2.32. The quantitative estimate of drug-likeness (QED) is 0.243. The lowest BCUT2D eigenvalue weighted by atomic mass is 9.96. The number of sulfone groups is 1. The van der Waals surface area contributed by atoms with Crippen molar-refractivity contribution in [3.8, 4) is 11.5 Å². The number of ether oxygens (including phenoxy) is 2. The fourth-order valence-corrected chi connectivity index (χ4v) is 5.95. The molecule has 214 valence electrons. The van der Waals surface area contributed by atoms with Crippen molar-refractivity contribution >= 4 is 20.9 Å². The molecule has 0 spiro atoms. The first-order valence-electron chi connectivity index (χ1n) is 13.1. The number of aliphatic hydroxyl groups is 1. The highest BCUT2D eigenvalue weighted by Gasteiger charge is 2.25. The molecule has 0 saturated heterocycles. The van der Waals surface area contributed by atoms with Gasteiger partial charge in [-0.3, -0.25) is 0 Å². The molecule has 2 aromatic carbocycles. The third kappa shape index (κ3) is 6.78. The maximum absolute atomic E-state index is 13.6. The Morgan fingerprint density at radius 2 is 1.68 bits per heavy atom. The van der Waals surface area contributed by atoms with E-state index in [4.69, 9.17) is 19.4 Å². The van der Waals surface area contributed by atoms with Gasteiger partial charge in [-0.05, 0) is 62.7 Å². The van der Waals surface area contributed by atoms with E-state index in [0.29, 0.717) is 65.6 Å². The molecule has 0 radical (unpaired) electrons. The molecule has 0 saturated carbocycles. The van der Waals surface area contributed by atoms with Crippen molar-refractivity contribution in [1.29, 1.82) is 0 Å². The van der Waals surface area contributed by atoms with E-state index >= 15 is 0 Å². The number of imidazole rings is 1. The van der Waals surface area contributed by atoms with Crippen LogP contribution in [-0.2, 0) is 42.0 Å². The number of unbranched alkanes of at least 4 members (excludes halogenated alkanes) is 1. The zero-order valence-corrected chi connectivity index (χ0v) is 24.5. The van der Waals surface area contributed by atoms with Gasteiger partial charge in [0.25, 0.3) is 0 Å². The molecular formula is C29H37N5O5S. The number of methoxy groups -OCH3 is 2. The molecule has 0 aliphatic rings. The van der Waals surface area contributed by atoms with Crippen LogP contribution in [0.15, 0.2) is 47.6 Å². The minimum Gasteiger partial charge on any atom is -0.497 e. The molecule has 4 aromatic rings. The molecule has 1 N–H and O–H groups in total. The predicted molar refractivity (Wildman–Crippen MR) is 153 cm³/mol. The van der Waals surface area contributed by atoms with Crippen LogP contribution in [-0.4, -0.2) is 72.9 Å². The van der Waals surface area contributed by atoms with Crippen molar-refractivity contribution < 1.29 is 23.0 Å². The largest absolute Gasteiger partial charge is 0.497 e. The van der Waals surface area contributed by atoms with Crippen LogP contribution in [0.2, 0.25) is 0 Å². The standard InChI is InChI=1S/C29H37N5O5S/c1-33(2)17-28-32-29(18-34(28)3)40(36,37)19-26-25(30-23-11-6-7-12-24(23)31-26)15-20-14-21(38-4)16-27(39-5)22(20)10-8-9-13-35/h6-7,11-12,14,16,18,35H,8-10,13,15,17,19H2,1-5H3. The fourth-order valence-electron chi connectivity index (χ4n) is 4.65. The van der Waals surface area contributed by atoms with Gasteiger partial charge in [0.2, 0.25) is 9.84 Å². The maximum Gasteiger partial charge on any atom is 0.202 e. The Hall–Kier alpha value is -3.54. The number of nitrogens with zero attached hydrogens (tertiary/aromatic N) is 5. The molecule has 0 aliphatic heterocycles. The third-order valence-electron chi connectivity index (χ3n) is 6.70. The highest BCUT2D eigenvalue weighted by molar-refractivity contribution is 7.90. The second-order valence-electron chi connectivity index (χ2n) is 10.0. The number of rotatable bonds is 13. The molecule has 2 heterocycles. The van der Waals surface area contributed by atoms with Crippen LogP contribution in [0.4, 0.5) is 0 Å². The monoisotopic (exact) mass is 567 g/mol. The van der Waals surface area contributed by atoms with Crippen LogP contribution in [0, 0.1) is 0 Å². The molecule has 0 atom stereocenters. The zero-order chi connectivity index (χ0) is 28.9. The van der Waals surface area contributed by atoms with Crippen molar-refractivity contribution in [2.45, 2.75) is 43.0 Å². The number of hydrogen-bond acceptors (Lipinski definition) is 9. The lowest BCUT2D eigenvalue weighted by Crippen LogP contribution is -2.14. The first-order chi connectivity index (χ1) is 19.1. The average Bonchev–Trinajstić information content (AvgIpc) is 3.29. The van der Waals surface area contributed by atoms with E-state index in [2.05, 4.69) is 4.98 Å². The Kier molecular flexibility index (Phi) is 9.39. The Morgan fingerprint density at radius 1 is 0.975 bits per heavy atom. The van der Waals surface area contributed by atoms with Crippen molar-refractivity contribution in [3.05, 3.63) is 70.9 Å². The number of aryl methyl sites for hydroxylation is 1. The maximum atomic E-state index is 13.6. The van der Waals surface area contributed by atoms with Crippen LogP contribution in [0.1, 0.15) is 41.2 Å². The van der Waals surface area contributed by atoms with E-state index in [0.717, 1.165) is 17.5 Å². The number of para-hydroxylation sites is 2. The van der Waals surface area contributed by atoms with Gasteiger partial charge in [0.05, 0.1) is 43.2 Å². The van der Waals surface area contributed by atoms with Gasteiger partial charge in [-0.2, -0.15) is 0 Å². The van der Waals surface area contributed by atoms with E-state index in [1.54, 1.807) is 32.0 Å². The second kappa shape index (κ2) is 12.8. The summed E-state index contributed by atoms with van der Waals surface area (Å²) in [6.07, 6.45) is 3.99. The number of benzene rings is 2. The van der Waals surface area contributed by atoms with Crippen LogP contribution in [0.25, 0.3) is 11.0 Å². The van der Waals surface area contributed by atoms with E-state index in [1.165, 1.54) is 0 Å². The topological polar surface area (TPSA) is 120 Å². The van der Waals surface area contributed by atoms with Crippen molar-refractivity contribution in [1.82, 2.24) is 24.4 Å². The average molecular weight is 568 g/mol. The summed E-state index contributed by atoms with van der Waals surface area (Å²) in [6.45, 7) is 0.625. The van der Waals surface area contributed by atoms with Crippen molar-refractivity contribution in [2.75, 3.05) is 34.9 Å². The summed E-state index contributed by atoms with van der Waals surface area (Å²) in [5, 5.41) is 9.34. The molecule has 10 nitrogen and oxygen atoms in total. The van der Waals surface area contributed by atoms with E-state index in [1.807, 2.05) is 55.4 Å². The smallest absolute Gasteiger partial charge is 0.202 e. The van der Waals surface area contributed by atoms with E-state index < -0.39 is 9.84 Å². The summed E-state index contributed by atoms with van der Waals surface area (Å²) in [4.78, 5) is 16.0. The van der Waals surface area contributed by atoms with Gasteiger partial charge in [-0.1, -0.05) is 12.1 Å². The first-order valence-corrected chi connectivity index (χ1v) is 14.8. The fraction of sp³-hybridized carbons (Fsp3) is 0.414. The molecule has 0 aliphatic carbocycles. The summed E-state index contributed by atoms with van der Waals surface area (Å²) < 4.78 is 40.2. The lowest BCUT2D eigenvalue weighted by molar-refractivity contribution is 0.284. The summed E-state index contributed by atoms with van der Waals surface area (Å²) >= 11 is 0. The molecule has 2 aromatic heterocycles. The minimum absolute atomic E-state index is 0.0144. The Bertz CT molecular complexity index is 1580. The van der Waals surface area contributed by atoms with Gasteiger partial charge in [-0.15, -0.1) is 0 Å². The molecule has 0 unspecified atom stereocenters. The number of hydrogen-bond donors (Lipinski definition) is 1. The summed E-state index contributed by atoms with van der Waals surface area (Å²) in [5.41, 5.74) is 4.12. The normalized spacial score (nSPS) is 11.9. The minimum atomic E-state index is -3.82. The van der Waals surface area contributed by atoms with Gasteiger partial charge in [-0.25, -0.2) is 23.4 Å². The lowest BCUT2D eigenvalue weighted by Gasteiger charge is -2.17. The molecule has 11 heteroatoms. The highest BCUT2D eigenvalue weighted by atomic mass is 32.2. The van der Waals surface area contributed by atoms with Gasteiger partial charge in [0.1, 0.15) is 23.1 Å². The van der Waals surface area contributed by atoms with Gasteiger partial charge < -0.3 is 24.0 Å². The molecule has 4 rings (SSSR count). The van der Waals surface area contributed by atoms with Gasteiger partial charge >= 0.3 is 0 Å². The van der Waals surface area contributed by atoms with Crippen LogP contribution in [0.5, 0.6) is 11.5 Å². The van der Waals surface area contributed by atoms with Crippen LogP contribution < -0.4 is 9.47 Å². The molecule has 40 heavy (non-hydrogen) atoms. The molecule has 0 fully saturated rings. The Balaban J connectivity index is 1.79. The Labute approximate surface area is 235 Å². The van der Waals surface area contributed by atoms with Crippen molar-refractivity contribution in [2.24, 2.45) is 7.05 Å². The SMILES string of the molecule is COc1cc(Cc2nc3ccccc3nc2CS(=O)(=O)c2cn(C)c(CN(C)C)n2)c(CCCCO)c(OC)c1. The number of aliphatic hydroxyl groups excluding tert-OH is 1. The molecular weight excluding hydrogens is 530 g/mol. The van der Waals surface area contributed by atoms with E-state index in [9.17, 15) is 13.5 Å². The zero-order valence-electron chi connectivity index (χ0n) is 23.7. The van der Waals surface area contributed by atoms with Crippen LogP contribution in [0.3, 0.4) is 0 Å². The van der Waals surface area contributed by atoms with Crippen LogP contribution >= 0.6 is 0 Å². The predicted octanol–water partition coefficient (Wildman–Crippen LogP) is 3.32. The second-order valence-corrected chi connectivity index (χ2v) is 12.0.